The zero-order valence-electron chi connectivity index (χ0n) is 12.1. The topological polar surface area (TPSA) is 90.9 Å². The average Bonchev–Trinajstić information content (AvgIpc) is 3.23. The van der Waals surface area contributed by atoms with Crippen LogP contribution in [0.1, 0.15) is 6.23 Å². The molecule has 0 saturated carbocycles. The van der Waals surface area contributed by atoms with Crippen LogP contribution in [-0.2, 0) is 9.47 Å². The molecule has 8 nitrogen and oxygen atoms in total. The number of hydrogen-bond donors (Lipinski definition) is 1. The number of aliphatic hydroxyl groups is 1. The predicted molar refractivity (Wildman–Crippen MR) is 79.6 cm³/mol. The molecule has 0 amide bonds. The van der Waals surface area contributed by atoms with E-state index in [-0.39, 0.29) is 18.9 Å². The number of imidazole rings is 1. The van der Waals surface area contributed by atoms with Crippen molar-refractivity contribution >= 4 is 5.65 Å². The number of aliphatic hydroxyl groups excluding tert-OH is 1. The minimum atomic E-state index is -0.700. The van der Waals surface area contributed by atoms with E-state index in [0.29, 0.717) is 17.0 Å². The highest BCUT2D eigenvalue weighted by Gasteiger charge is 2.27. The van der Waals surface area contributed by atoms with Crippen LogP contribution in [-0.4, -0.2) is 43.5 Å². The van der Waals surface area contributed by atoms with Crippen molar-refractivity contribution in [2.75, 3.05) is 13.2 Å². The van der Waals surface area contributed by atoms with Gasteiger partial charge in [0.2, 0.25) is 0 Å². The minimum Gasteiger partial charge on any atom is -0.391 e. The van der Waals surface area contributed by atoms with Crippen LogP contribution in [0.5, 0.6) is 0 Å². The number of hydrogen-bond acceptors (Lipinski definition) is 6. The summed E-state index contributed by atoms with van der Waals surface area (Å²) in [5.74, 6) is 0. The molecule has 4 heterocycles. The van der Waals surface area contributed by atoms with Crippen molar-refractivity contribution in [1.82, 2.24) is 18.9 Å². The summed E-state index contributed by atoms with van der Waals surface area (Å²) in [6.07, 6.45) is 3.67. The fourth-order valence-electron chi connectivity index (χ4n) is 2.54. The zero-order chi connectivity index (χ0) is 15.8. The predicted octanol–water partition coefficient (Wildman–Crippen LogP) is 0.422. The summed E-state index contributed by atoms with van der Waals surface area (Å²) in [6, 6.07) is 7.24. The van der Waals surface area contributed by atoms with Gasteiger partial charge in [-0.2, -0.15) is 0 Å². The molecule has 1 saturated heterocycles. The SMILES string of the molecule is O=c1n([C@H]2CO[C@@H](CO)O2)ccc2nc(-c3ccccn3)cn12. The molecule has 0 radical (unpaired) electrons. The highest BCUT2D eigenvalue weighted by Crippen LogP contribution is 2.20. The summed E-state index contributed by atoms with van der Waals surface area (Å²) in [4.78, 5) is 21.3. The normalized spacial score (nSPS) is 21.1. The van der Waals surface area contributed by atoms with Gasteiger partial charge >= 0.3 is 5.69 Å². The minimum absolute atomic E-state index is 0.207. The van der Waals surface area contributed by atoms with Crippen LogP contribution in [0.15, 0.2) is 47.7 Å². The van der Waals surface area contributed by atoms with Gasteiger partial charge in [0.05, 0.1) is 18.9 Å². The molecule has 2 atom stereocenters. The molecule has 0 bridgehead atoms. The Bertz CT molecular complexity index is 889. The van der Waals surface area contributed by atoms with E-state index < -0.39 is 12.5 Å². The van der Waals surface area contributed by atoms with Crippen molar-refractivity contribution in [2.24, 2.45) is 0 Å². The summed E-state index contributed by atoms with van der Waals surface area (Å²) in [5.41, 5.74) is 1.56. The first kappa shape index (κ1) is 14.1. The molecule has 1 aliphatic rings. The number of ether oxygens (including phenoxy) is 2. The molecule has 8 heteroatoms. The molecule has 1 aliphatic heterocycles. The maximum absolute atomic E-state index is 12.6. The Hall–Kier alpha value is -2.55. The smallest absolute Gasteiger partial charge is 0.336 e. The molecule has 3 aromatic heterocycles. The first-order valence-corrected chi connectivity index (χ1v) is 7.16. The Morgan fingerprint density at radius 2 is 2.22 bits per heavy atom. The molecular formula is C15H14N4O4. The van der Waals surface area contributed by atoms with Gasteiger partial charge in [0.15, 0.2) is 12.5 Å². The van der Waals surface area contributed by atoms with Crippen molar-refractivity contribution in [2.45, 2.75) is 12.5 Å². The van der Waals surface area contributed by atoms with Gasteiger partial charge in [-0.3, -0.25) is 14.0 Å². The highest BCUT2D eigenvalue weighted by molar-refractivity contribution is 5.58. The van der Waals surface area contributed by atoms with Gasteiger partial charge in [-0.15, -0.1) is 0 Å². The van der Waals surface area contributed by atoms with Gasteiger partial charge < -0.3 is 14.6 Å². The average molecular weight is 314 g/mol. The Morgan fingerprint density at radius 1 is 1.30 bits per heavy atom. The van der Waals surface area contributed by atoms with E-state index in [2.05, 4.69) is 9.97 Å². The first-order chi connectivity index (χ1) is 11.3. The highest BCUT2D eigenvalue weighted by atomic mass is 16.7. The number of nitrogens with zero attached hydrogens (tertiary/aromatic N) is 4. The lowest BCUT2D eigenvalue weighted by atomic mass is 10.3. The second-order valence-corrected chi connectivity index (χ2v) is 5.11. The van der Waals surface area contributed by atoms with Crippen molar-refractivity contribution in [3.05, 3.63) is 53.3 Å². The molecule has 0 unspecified atom stereocenters. The maximum Gasteiger partial charge on any atom is 0.336 e. The van der Waals surface area contributed by atoms with Gasteiger partial charge in [0.1, 0.15) is 11.3 Å². The summed E-state index contributed by atoms with van der Waals surface area (Å²) in [6.45, 7) is -0.0408. The van der Waals surface area contributed by atoms with Crippen LogP contribution in [0.4, 0.5) is 0 Å². The van der Waals surface area contributed by atoms with Crippen LogP contribution in [0.3, 0.4) is 0 Å². The maximum atomic E-state index is 12.6. The van der Waals surface area contributed by atoms with Gasteiger partial charge in [-0.1, -0.05) is 6.07 Å². The van der Waals surface area contributed by atoms with Gasteiger partial charge in [-0.05, 0) is 18.2 Å². The van der Waals surface area contributed by atoms with Crippen molar-refractivity contribution in [1.29, 1.82) is 0 Å². The van der Waals surface area contributed by atoms with E-state index in [4.69, 9.17) is 14.6 Å². The van der Waals surface area contributed by atoms with E-state index in [1.54, 1.807) is 24.7 Å². The van der Waals surface area contributed by atoms with E-state index in [1.165, 1.54) is 8.97 Å². The standard InChI is InChI=1S/C15H14N4O4/c20-8-14-22-9-13(23-14)18-6-4-12-17-11(7-19(12)15(18)21)10-3-1-2-5-16-10/h1-7,13-14,20H,8-9H2/t13-,14-/m1/s1. The van der Waals surface area contributed by atoms with E-state index >= 15 is 0 Å². The number of rotatable bonds is 3. The Balaban J connectivity index is 1.76. The molecule has 0 aromatic carbocycles. The lowest BCUT2D eigenvalue weighted by molar-refractivity contribution is -0.0993. The molecule has 1 fully saturated rings. The molecule has 1 N–H and O–H groups in total. The summed E-state index contributed by atoms with van der Waals surface area (Å²) in [7, 11) is 0. The molecule has 0 aliphatic carbocycles. The second-order valence-electron chi connectivity index (χ2n) is 5.11. The number of aromatic nitrogens is 4. The summed E-state index contributed by atoms with van der Waals surface area (Å²) >= 11 is 0. The first-order valence-electron chi connectivity index (χ1n) is 7.16. The van der Waals surface area contributed by atoms with E-state index in [9.17, 15) is 4.79 Å². The van der Waals surface area contributed by atoms with Crippen molar-refractivity contribution in [3.8, 4) is 11.4 Å². The molecule has 3 aromatic rings. The van der Waals surface area contributed by atoms with Crippen LogP contribution in [0, 0.1) is 0 Å². The van der Waals surface area contributed by atoms with Crippen LogP contribution >= 0.6 is 0 Å². The molecule has 0 spiro atoms. The third-order valence-corrected chi connectivity index (χ3v) is 3.66. The zero-order valence-corrected chi connectivity index (χ0v) is 12.1. The summed E-state index contributed by atoms with van der Waals surface area (Å²) in [5, 5.41) is 9.04. The fourth-order valence-corrected chi connectivity index (χ4v) is 2.54. The lowest BCUT2D eigenvalue weighted by Crippen LogP contribution is -2.30. The third-order valence-electron chi connectivity index (χ3n) is 3.66. The van der Waals surface area contributed by atoms with Crippen LogP contribution in [0.25, 0.3) is 17.0 Å². The Labute approximate surface area is 130 Å². The van der Waals surface area contributed by atoms with Crippen LogP contribution < -0.4 is 5.69 Å². The van der Waals surface area contributed by atoms with Gasteiger partial charge in [0.25, 0.3) is 0 Å². The number of pyridine rings is 1. The van der Waals surface area contributed by atoms with E-state index in [1.807, 2.05) is 18.2 Å². The van der Waals surface area contributed by atoms with Gasteiger partial charge in [0, 0.05) is 18.6 Å². The van der Waals surface area contributed by atoms with Crippen molar-refractivity contribution in [3.63, 3.8) is 0 Å². The largest absolute Gasteiger partial charge is 0.391 e. The lowest BCUT2D eigenvalue weighted by Gasteiger charge is -2.12. The third kappa shape index (κ3) is 2.42. The van der Waals surface area contributed by atoms with Gasteiger partial charge in [-0.25, -0.2) is 9.78 Å². The molecule has 4 rings (SSSR count). The fraction of sp³-hybridized carbons (Fsp3) is 0.267. The molecule has 118 valence electrons. The second kappa shape index (κ2) is 5.58. The molecular weight excluding hydrogens is 300 g/mol. The molecule has 23 heavy (non-hydrogen) atoms. The Morgan fingerprint density at radius 3 is 2.96 bits per heavy atom. The monoisotopic (exact) mass is 314 g/mol. The summed E-state index contributed by atoms with van der Waals surface area (Å²) < 4.78 is 13.6. The van der Waals surface area contributed by atoms with E-state index in [0.717, 1.165) is 0 Å². The quantitative estimate of drug-likeness (QED) is 0.753. The Kier molecular flexibility index (Phi) is 3.41. The number of fused-ring (bicyclic) bond motifs is 1. The van der Waals surface area contributed by atoms with Crippen molar-refractivity contribution < 1.29 is 14.6 Å². The van der Waals surface area contributed by atoms with Crippen LogP contribution in [0.2, 0.25) is 0 Å².